The number of anilines is 1. The molecule has 3 aromatic rings. The van der Waals surface area contributed by atoms with Crippen LogP contribution in [-0.2, 0) is 0 Å². The van der Waals surface area contributed by atoms with Crippen molar-refractivity contribution in [2.24, 2.45) is 0 Å². The highest BCUT2D eigenvalue weighted by molar-refractivity contribution is 6.29. The second-order valence-corrected chi connectivity index (χ2v) is 5.58. The quantitative estimate of drug-likeness (QED) is 0.716. The van der Waals surface area contributed by atoms with Gasteiger partial charge < -0.3 is 0 Å². The normalized spacial score (nSPS) is 10.6. The maximum atomic E-state index is 13.4. The van der Waals surface area contributed by atoms with Crippen molar-refractivity contribution in [2.75, 3.05) is 5.32 Å². The van der Waals surface area contributed by atoms with Gasteiger partial charge in [-0.05, 0) is 48.4 Å². The van der Waals surface area contributed by atoms with Crippen LogP contribution < -0.4 is 5.32 Å². The van der Waals surface area contributed by atoms with E-state index in [9.17, 15) is 13.6 Å². The van der Waals surface area contributed by atoms with Gasteiger partial charge >= 0.3 is 0 Å². The Bertz CT molecular complexity index is 945. The first-order valence-corrected chi connectivity index (χ1v) is 7.53. The third kappa shape index (κ3) is 4.13. The summed E-state index contributed by atoms with van der Waals surface area (Å²) in [6.07, 6.45) is 1.40. The molecule has 0 radical (unpaired) electrons. The minimum Gasteiger partial charge on any atom is -0.289 e. The maximum Gasteiger partial charge on any atom is 0.276 e. The lowest BCUT2D eigenvalue weighted by molar-refractivity contribution is 0.102. The van der Waals surface area contributed by atoms with Crippen LogP contribution in [0.1, 0.15) is 16.2 Å². The van der Waals surface area contributed by atoms with Crippen molar-refractivity contribution in [2.45, 2.75) is 6.92 Å². The van der Waals surface area contributed by atoms with E-state index in [1.807, 2.05) is 0 Å². The van der Waals surface area contributed by atoms with E-state index >= 15 is 0 Å². The minimum atomic E-state index is -0.706. The molecule has 1 amide bonds. The Morgan fingerprint density at radius 1 is 1.04 bits per heavy atom. The van der Waals surface area contributed by atoms with E-state index in [1.165, 1.54) is 30.5 Å². The van der Waals surface area contributed by atoms with Crippen LogP contribution in [0.2, 0.25) is 5.15 Å². The van der Waals surface area contributed by atoms with E-state index < -0.39 is 17.5 Å². The molecule has 5 nitrogen and oxygen atoms in total. The zero-order valence-electron chi connectivity index (χ0n) is 12.9. The van der Waals surface area contributed by atoms with Crippen LogP contribution in [0.15, 0.2) is 42.6 Å². The fourth-order valence-corrected chi connectivity index (χ4v) is 2.37. The van der Waals surface area contributed by atoms with Crippen LogP contribution in [0.4, 0.5) is 14.7 Å². The molecule has 0 saturated carbocycles. The third-order valence-corrected chi connectivity index (χ3v) is 3.44. The van der Waals surface area contributed by atoms with Crippen LogP contribution in [0.3, 0.4) is 0 Å². The van der Waals surface area contributed by atoms with Gasteiger partial charge in [0.15, 0.2) is 0 Å². The molecular formula is C17H11ClF2N4O. The predicted molar refractivity (Wildman–Crippen MR) is 89.3 cm³/mol. The number of pyridine rings is 1. The van der Waals surface area contributed by atoms with Gasteiger partial charge in [-0.2, -0.15) is 0 Å². The zero-order chi connectivity index (χ0) is 18.0. The number of rotatable bonds is 3. The lowest BCUT2D eigenvalue weighted by Gasteiger charge is -2.08. The average Bonchev–Trinajstić information content (AvgIpc) is 2.53. The highest BCUT2D eigenvalue weighted by atomic mass is 35.5. The number of amides is 1. The van der Waals surface area contributed by atoms with E-state index in [2.05, 4.69) is 20.3 Å². The monoisotopic (exact) mass is 360 g/mol. The number of nitrogens with one attached hydrogen (secondary N) is 1. The second-order valence-electron chi connectivity index (χ2n) is 5.20. The molecule has 126 valence electrons. The molecule has 0 aliphatic carbocycles. The summed E-state index contributed by atoms with van der Waals surface area (Å²) in [5, 5.41) is 2.65. The van der Waals surface area contributed by atoms with E-state index in [0.29, 0.717) is 16.8 Å². The van der Waals surface area contributed by atoms with Gasteiger partial charge in [0.2, 0.25) is 5.95 Å². The largest absolute Gasteiger partial charge is 0.289 e. The topological polar surface area (TPSA) is 67.8 Å². The van der Waals surface area contributed by atoms with Crippen molar-refractivity contribution in [1.29, 1.82) is 0 Å². The van der Waals surface area contributed by atoms with Crippen molar-refractivity contribution in [3.63, 3.8) is 0 Å². The molecule has 0 unspecified atom stereocenters. The second kappa shape index (κ2) is 6.90. The van der Waals surface area contributed by atoms with Gasteiger partial charge in [0, 0.05) is 18.0 Å². The number of aryl methyl sites for hydroxylation is 1. The molecule has 1 N–H and O–H groups in total. The Hall–Kier alpha value is -2.93. The summed E-state index contributed by atoms with van der Waals surface area (Å²) in [6.45, 7) is 1.67. The smallest absolute Gasteiger partial charge is 0.276 e. The van der Waals surface area contributed by atoms with Gasteiger partial charge in [-0.15, -0.1) is 0 Å². The Morgan fingerprint density at radius 3 is 2.40 bits per heavy atom. The summed E-state index contributed by atoms with van der Waals surface area (Å²) in [4.78, 5) is 24.2. The molecule has 0 aliphatic heterocycles. The molecule has 0 fully saturated rings. The first kappa shape index (κ1) is 16.9. The zero-order valence-corrected chi connectivity index (χ0v) is 13.7. The van der Waals surface area contributed by atoms with Crippen molar-refractivity contribution < 1.29 is 13.6 Å². The molecule has 1 aromatic carbocycles. The molecule has 0 aliphatic rings. The SMILES string of the molecule is Cc1cc(-c2cc(F)cc(F)c2)cc(C(=O)Nc2nccc(Cl)n2)n1. The molecule has 3 rings (SSSR count). The number of carbonyl (C=O) groups is 1. The maximum absolute atomic E-state index is 13.4. The lowest BCUT2D eigenvalue weighted by atomic mass is 10.0. The van der Waals surface area contributed by atoms with Crippen LogP contribution in [0.5, 0.6) is 0 Å². The van der Waals surface area contributed by atoms with Gasteiger partial charge in [0.05, 0.1) is 0 Å². The molecule has 25 heavy (non-hydrogen) atoms. The van der Waals surface area contributed by atoms with Crippen molar-refractivity contribution in [1.82, 2.24) is 15.0 Å². The molecule has 2 heterocycles. The molecule has 0 saturated heterocycles. The molecular weight excluding hydrogens is 350 g/mol. The van der Waals surface area contributed by atoms with E-state index in [4.69, 9.17) is 11.6 Å². The Morgan fingerprint density at radius 2 is 1.72 bits per heavy atom. The van der Waals surface area contributed by atoms with Crippen LogP contribution in [0.25, 0.3) is 11.1 Å². The Labute approximate surface area is 146 Å². The van der Waals surface area contributed by atoms with Crippen molar-refractivity contribution >= 4 is 23.5 Å². The Kier molecular flexibility index (Phi) is 4.67. The van der Waals surface area contributed by atoms with Gasteiger partial charge in [-0.25, -0.2) is 23.7 Å². The first-order valence-electron chi connectivity index (χ1n) is 7.16. The highest BCUT2D eigenvalue weighted by Crippen LogP contribution is 2.23. The van der Waals surface area contributed by atoms with Crippen molar-refractivity contribution in [3.8, 4) is 11.1 Å². The summed E-state index contributed by atoms with van der Waals surface area (Å²) in [5.41, 5.74) is 1.33. The van der Waals surface area contributed by atoms with Gasteiger partial charge in [0.1, 0.15) is 22.5 Å². The number of nitrogens with zero attached hydrogens (tertiary/aromatic N) is 3. The number of hydrogen-bond acceptors (Lipinski definition) is 4. The van der Waals surface area contributed by atoms with Crippen molar-refractivity contribution in [3.05, 3.63) is 70.8 Å². The summed E-state index contributed by atoms with van der Waals surface area (Å²) in [6, 6.07) is 7.67. The number of carbonyl (C=O) groups excluding carboxylic acids is 1. The molecule has 0 bridgehead atoms. The average molecular weight is 361 g/mol. The summed E-state index contributed by atoms with van der Waals surface area (Å²) >= 11 is 5.75. The molecule has 8 heteroatoms. The third-order valence-electron chi connectivity index (χ3n) is 3.23. The number of hydrogen-bond donors (Lipinski definition) is 1. The fraction of sp³-hybridized carbons (Fsp3) is 0.0588. The molecule has 0 spiro atoms. The highest BCUT2D eigenvalue weighted by Gasteiger charge is 2.13. The van der Waals surface area contributed by atoms with E-state index in [1.54, 1.807) is 13.0 Å². The van der Waals surface area contributed by atoms with Crippen LogP contribution in [0, 0.1) is 18.6 Å². The summed E-state index contributed by atoms with van der Waals surface area (Å²) in [5.74, 6) is -1.95. The Balaban J connectivity index is 1.94. The molecule has 2 aromatic heterocycles. The van der Waals surface area contributed by atoms with Gasteiger partial charge in [-0.3, -0.25) is 10.1 Å². The van der Waals surface area contributed by atoms with Crippen LogP contribution in [-0.4, -0.2) is 20.9 Å². The predicted octanol–water partition coefficient (Wildman–Crippen LogP) is 4.03. The first-order chi connectivity index (χ1) is 11.9. The van der Waals surface area contributed by atoms with Crippen LogP contribution >= 0.6 is 11.6 Å². The summed E-state index contributed by atoms with van der Waals surface area (Å²) < 4.78 is 26.9. The lowest BCUT2D eigenvalue weighted by Crippen LogP contribution is -2.16. The fourth-order valence-electron chi connectivity index (χ4n) is 2.23. The number of halogens is 3. The van der Waals surface area contributed by atoms with E-state index in [0.717, 1.165) is 6.07 Å². The molecule has 0 atom stereocenters. The number of benzene rings is 1. The van der Waals surface area contributed by atoms with Gasteiger partial charge in [0.25, 0.3) is 5.91 Å². The van der Waals surface area contributed by atoms with Gasteiger partial charge in [-0.1, -0.05) is 11.6 Å². The van der Waals surface area contributed by atoms with E-state index in [-0.39, 0.29) is 16.8 Å². The standard InChI is InChI=1S/C17H11ClF2N4O/c1-9-4-10(11-5-12(19)8-13(20)6-11)7-14(22-9)16(25)24-17-21-3-2-15(18)23-17/h2-8H,1H3,(H,21,23,24,25). The summed E-state index contributed by atoms with van der Waals surface area (Å²) in [7, 11) is 0. The minimum absolute atomic E-state index is 0.0270. The number of aromatic nitrogens is 3.